The first-order valence-corrected chi connectivity index (χ1v) is 10.6. The molecule has 0 saturated carbocycles. The second-order valence-electron chi connectivity index (χ2n) is 7.10. The summed E-state index contributed by atoms with van der Waals surface area (Å²) in [5, 5.41) is 30.5. The maximum Gasteiger partial charge on any atom is 1.00 e. The Labute approximate surface area is 243 Å². The molecule has 33 heavy (non-hydrogen) atoms. The minimum atomic E-state index is -1.15. The third-order valence-electron chi connectivity index (χ3n) is 5.17. The van der Waals surface area contributed by atoms with Gasteiger partial charge in [-0.15, -0.1) is 0 Å². The summed E-state index contributed by atoms with van der Waals surface area (Å²) in [6.07, 6.45) is 4.73. The van der Waals surface area contributed by atoms with Crippen LogP contribution in [0.5, 0.6) is 5.75 Å². The molecule has 9 heteroatoms. The Balaban J connectivity index is 0. The zero-order valence-electron chi connectivity index (χ0n) is 21.1. The average molecular weight is 491 g/mol. The van der Waals surface area contributed by atoms with E-state index < -0.39 is 17.4 Å². The molecule has 1 heterocycles. The number of benzene rings is 2. The number of rotatable bonds is 8. The van der Waals surface area contributed by atoms with E-state index in [2.05, 4.69) is 0 Å². The number of aromatic hydroxyl groups is 1. The molecule has 0 fully saturated rings. The fourth-order valence-electron chi connectivity index (χ4n) is 3.35. The molecule has 3 N–H and O–H groups in total. The second-order valence-corrected chi connectivity index (χ2v) is 8.25. The molecule has 0 aliphatic rings. The van der Waals surface area contributed by atoms with Gasteiger partial charge in [0, 0.05) is 32.6 Å². The maximum atomic E-state index is 14.2. The van der Waals surface area contributed by atoms with Gasteiger partial charge in [-0.05, 0) is 60.9 Å². The Morgan fingerprint density at radius 2 is 1.82 bits per heavy atom. The van der Waals surface area contributed by atoms with Crippen LogP contribution in [0.3, 0.4) is 0 Å². The van der Waals surface area contributed by atoms with Gasteiger partial charge in [-0.25, -0.2) is 9.18 Å². The van der Waals surface area contributed by atoms with Crippen LogP contribution in [0.4, 0.5) is 4.39 Å². The Hall–Kier alpha value is -1.03. The third kappa shape index (κ3) is 7.47. The number of carbonyl (C=O) groups is 1. The molecule has 0 aliphatic heterocycles. The Morgan fingerprint density at radius 1 is 1.12 bits per heavy atom. The van der Waals surface area contributed by atoms with Crippen molar-refractivity contribution in [3.8, 4) is 5.75 Å². The molecule has 0 radical (unpaired) electrons. The summed E-state index contributed by atoms with van der Waals surface area (Å²) in [4.78, 5) is 12.5. The van der Waals surface area contributed by atoms with Crippen molar-refractivity contribution in [3.05, 3.63) is 83.6 Å². The second kappa shape index (κ2) is 13.2. The molecule has 0 unspecified atom stereocenters. The van der Waals surface area contributed by atoms with Crippen LogP contribution in [0.15, 0.2) is 75.3 Å². The van der Waals surface area contributed by atoms with Crippen LogP contribution in [0.25, 0.3) is 5.57 Å². The van der Waals surface area contributed by atoms with Crippen molar-refractivity contribution in [1.82, 2.24) is 0 Å². The summed E-state index contributed by atoms with van der Waals surface area (Å²) < 4.78 is 19.2. The van der Waals surface area contributed by atoms with Gasteiger partial charge in [-0.1, -0.05) is 25.6 Å². The molecule has 0 aliphatic carbocycles. The van der Waals surface area contributed by atoms with Crippen molar-refractivity contribution < 1.29 is 90.9 Å². The number of phenolic OH excluding ortho intramolecular Hbond substituents is 1. The van der Waals surface area contributed by atoms with E-state index in [0.717, 1.165) is 6.08 Å². The number of carboxylic acid groups (broad SMARTS) is 1. The van der Waals surface area contributed by atoms with E-state index in [4.69, 9.17) is 4.42 Å². The Kier molecular flexibility index (Phi) is 12.0. The number of aliphatic hydroxyl groups is 1. The van der Waals surface area contributed by atoms with Crippen molar-refractivity contribution in [2.24, 2.45) is 0 Å². The Morgan fingerprint density at radius 3 is 2.36 bits per heavy atom. The van der Waals surface area contributed by atoms with Gasteiger partial charge in [-0.2, -0.15) is 0 Å². The first-order valence-electron chi connectivity index (χ1n) is 9.77. The van der Waals surface area contributed by atoms with Gasteiger partial charge >= 0.3 is 65.1 Å². The van der Waals surface area contributed by atoms with Crippen molar-refractivity contribution in [1.29, 1.82) is 0 Å². The first-order chi connectivity index (χ1) is 14.8. The SMILES string of the molecule is CCC(O)(CC)c1cc(F)cc(Sc2ccc(/C(=C\C(=O)O)c3ccoc3)c(O)c2)c1.[H-].[H-].[Na+].[Na+]. The number of hydrogen-bond acceptors (Lipinski definition) is 5. The van der Waals surface area contributed by atoms with Gasteiger partial charge in [0.05, 0.1) is 18.1 Å². The summed E-state index contributed by atoms with van der Waals surface area (Å²) in [6, 6.07) is 10.9. The fourth-order valence-corrected chi connectivity index (χ4v) is 4.28. The van der Waals surface area contributed by atoms with Crippen LogP contribution in [-0.2, 0) is 10.4 Å². The van der Waals surface area contributed by atoms with Gasteiger partial charge in [0.2, 0.25) is 0 Å². The maximum absolute atomic E-state index is 14.2. The number of halogens is 1. The fraction of sp³-hybridized carbons (Fsp3) is 0.208. The van der Waals surface area contributed by atoms with E-state index in [0.29, 0.717) is 44.9 Å². The predicted molar refractivity (Wildman–Crippen MR) is 119 cm³/mol. The number of phenols is 1. The molecule has 0 atom stereocenters. The van der Waals surface area contributed by atoms with Gasteiger partial charge in [-0.3, -0.25) is 0 Å². The first kappa shape index (κ1) is 30.0. The number of furan rings is 1. The molecule has 5 nitrogen and oxygen atoms in total. The molecule has 0 amide bonds. The molecule has 0 spiro atoms. The number of hydrogen-bond donors (Lipinski definition) is 3. The van der Waals surface area contributed by atoms with E-state index in [9.17, 15) is 24.5 Å². The van der Waals surface area contributed by atoms with Crippen LogP contribution in [0.1, 0.15) is 46.2 Å². The predicted octanol–water partition coefficient (Wildman–Crippen LogP) is 0.0324. The van der Waals surface area contributed by atoms with Crippen molar-refractivity contribution >= 4 is 23.3 Å². The summed E-state index contributed by atoms with van der Waals surface area (Å²) in [5.41, 5.74) is 0.558. The molecule has 3 rings (SSSR count). The topological polar surface area (TPSA) is 90.9 Å². The van der Waals surface area contributed by atoms with Crippen LogP contribution in [0.2, 0.25) is 0 Å². The summed E-state index contributed by atoms with van der Waals surface area (Å²) in [5.74, 6) is -1.72. The molecule has 2 aromatic carbocycles. The van der Waals surface area contributed by atoms with Crippen LogP contribution in [-0.4, -0.2) is 21.3 Å². The minimum Gasteiger partial charge on any atom is -1.00 e. The molecule has 0 saturated heterocycles. The molecular weight excluding hydrogens is 465 g/mol. The standard InChI is InChI=1S/C24H23FO5S.2Na.2H/c1-3-24(29,4-2)16-9-17(25)11-19(10-16)31-18-5-6-20(22(26)12-18)21(13-23(27)28)15-7-8-30-14-15;;;;/h5-14,26,29H,3-4H2,1-2H3,(H,27,28);;;;/q;2*+1;2*-1/b21-13-;;;;. The normalized spacial score (nSPS) is 11.5. The molecule has 166 valence electrons. The third-order valence-corrected chi connectivity index (χ3v) is 6.13. The van der Waals surface area contributed by atoms with E-state index in [1.54, 1.807) is 24.3 Å². The zero-order valence-corrected chi connectivity index (χ0v) is 23.9. The van der Waals surface area contributed by atoms with Crippen molar-refractivity contribution in [2.45, 2.75) is 42.1 Å². The summed E-state index contributed by atoms with van der Waals surface area (Å²) in [7, 11) is 0. The molecular formula is C24H25FNa2O5S. The molecule has 1 aromatic heterocycles. The number of carboxylic acids is 1. The quantitative estimate of drug-likeness (QED) is 0.305. The van der Waals surface area contributed by atoms with Crippen molar-refractivity contribution in [2.75, 3.05) is 0 Å². The van der Waals surface area contributed by atoms with E-state index in [-0.39, 0.29) is 67.7 Å². The largest absolute Gasteiger partial charge is 1.00 e. The van der Waals surface area contributed by atoms with Gasteiger partial charge in [0.15, 0.2) is 0 Å². The smallest absolute Gasteiger partial charge is 1.00 e. The molecule has 3 aromatic rings. The van der Waals surface area contributed by atoms with Crippen LogP contribution < -0.4 is 59.1 Å². The number of aliphatic carboxylic acids is 1. The summed E-state index contributed by atoms with van der Waals surface area (Å²) in [6.45, 7) is 3.69. The van der Waals surface area contributed by atoms with Gasteiger partial charge < -0.3 is 22.6 Å². The minimum absolute atomic E-state index is 0. The average Bonchev–Trinajstić information content (AvgIpc) is 3.26. The van der Waals surface area contributed by atoms with Crippen LogP contribution in [0, 0.1) is 5.82 Å². The van der Waals surface area contributed by atoms with Gasteiger partial charge in [0.1, 0.15) is 11.6 Å². The monoisotopic (exact) mass is 490 g/mol. The van der Waals surface area contributed by atoms with E-state index in [1.165, 1.54) is 42.5 Å². The zero-order chi connectivity index (χ0) is 22.6. The molecule has 0 bridgehead atoms. The van der Waals surface area contributed by atoms with Crippen molar-refractivity contribution in [3.63, 3.8) is 0 Å². The Bertz CT molecular complexity index is 1120. The summed E-state index contributed by atoms with van der Waals surface area (Å²) >= 11 is 1.23. The van der Waals surface area contributed by atoms with E-state index in [1.807, 2.05) is 13.8 Å². The van der Waals surface area contributed by atoms with E-state index >= 15 is 0 Å². The van der Waals surface area contributed by atoms with Gasteiger partial charge in [0.25, 0.3) is 0 Å². The van der Waals surface area contributed by atoms with Crippen LogP contribution >= 0.6 is 11.8 Å².